The Hall–Kier alpha value is -3.67. The molecule has 2 aromatic heterocycles. The van der Waals surface area contributed by atoms with Gasteiger partial charge in [0.1, 0.15) is 15.3 Å². The molecule has 1 aliphatic carbocycles. The summed E-state index contributed by atoms with van der Waals surface area (Å²) < 4.78 is 34.5. The van der Waals surface area contributed by atoms with Gasteiger partial charge in [-0.25, -0.2) is 13.8 Å². The van der Waals surface area contributed by atoms with Gasteiger partial charge >= 0.3 is 0 Å². The van der Waals surface area contributed by atoms with Gasteiger partial charge in [-0.15, -0.1) is 5.53 Å². The molecule has 2 aliphatic rings. The first kappa shape index (κ1) is 33.7. The molecule has 9 nitrogen and oxygen atoms in total. The summed E-state index contributed by atoms with van der Waals surface area (Å²) in [6, 6.07) is 7.07. The van der Waals surface area contributed by atoms with Crippen LogP contribution in [0.5, 0.6) is 5.88 Å². The zero-order chi connectivity index (χ0) is 33.4. The van der Waals surface area contributed by atoms with Crippen LogP contribution in [-0.2, 0) is 0 Å². The average molecular weight is 761 g/mol. The molecule has 0 bridgehead atoms. The SMILES string of the molecule is C=C(c1ccnc(OC)c1/C=C\C)[C@H](Nc1cc(Cl)c2ncc(C#N)c(NCC(C)(C)C)c2c1)C1=C(I)N(C2(C(F)F)CC2)NN1. The number of aromatic nitrogens is 2. The lowest BCUT2D eigenvalue weighted by Crippen LogP contribution is -2.49. The molecule has 1 saturated carbocycles. The molecule has 13 heteroatoms. The van der Waals surface area contributed by atoms with Crippen molar-refractivity contribution in [1.29, 1.82) is 5.26 Å². The molecule has 3 aromatic rings. The van der Waals surface area contributed by atoms with Crippen molar-refractivity contribution in [2.75, 3.05) is 24.3 Å². The van der Waals surface area contributed by atoms with Crippen molar-refractivity contribution >= 4 is 68.1 Å². The van der Waals surface area contributed by atoms with Crippen molar-refractivity contribution in [3.63, 3.8) is 0 Å². The van der Waals surface area contributed by atoms with Gasteiger partial charge in [0.15, 0.2) is 0 Å². The molecule has 0 saturated heterocycles. The van der Waals surface area contributed by atoms with Crippen molar-refractivity contribution in [2.24, 2.45) is 5.41 Å². The van der Waals surface area contributed by atoms with Gasteiger partial charge in [0.2, 0.25) is 5.88 Å². The number of pyridine rings is 2. The van der Waals surface area contributed by atoms with Gasteiger partial charge in [0.05, 0.1) is 40.6 Å². The normalized spacial score (nSPS) is 16.5. The number of nitrogens with zero attached hydrogens (tertiary/aromatic N) is 4. The highest BCUT2D eigenvalue weighted by atomic mass is 127. The van der Waals surface area contributed by atoms with E-state index >= 15 is 0 Å². The minimum atomic E-state index is -2.54. The summed E-state index contributed by atoms with van der Waals surface area (Å²) >= 11 is 8.91. The number of hydrazine groups is 2. The third-order valence-electron chi connectivity index (χ3n) is 7.95. The highest BCUT2D eigenvalue weighted by Crippen LogP contribution is 2.50. The number of nitrogens with one attached hydrogen (secondary N) is 4. The van der Waals surface area contributed by atoms with Crippen LogP contribution in [-0.4, -0.2) is 46.6 Å². The van der Waals surface area contributed by atoms with E-state index in [9.17, 15) is 14.0 Å². The zero-order valence-electron chi connectivity index (χ0n) is 26.2. The molecule has 0 amide bonds. The molecule has 4 N–H and O–H groups in total. The van der Waals surface area contributed by atoms with Crippen LogP contribution >= 0.6 is 34.2 Å². The first-order chi connectivity index (χ1) is 21.8. The molecule has 1 fully saturated rings. The average Bonchev–Trinajstić information content (AvgIpc) is 3.74. The van der Waals surface area contributed by atoms with E-state index in [1.54, 1.807) is 19.4 Å². The lowest BCUT2D eigenvalue weighted by atomic mass is 9.94. The largest absolute Gasteiger partial charge is 0.481 e. The molecular weight excluding hydrogens is 725 g/mol. The van der Waals surface area contributed by atoms with Crippen LogP contribution in [0.25, 0.3) is 22.6 Å². The highest BCUT2D eigenvalue weighted by molar-refractivity contribution is 14.1. The Balaban J connectivity index is 1.65. The van der Waals surface area contributed by atoms with E-state index in [2.05, 4.69) is 87.6 Å². The van der Waals surface area contributed by atoms with Gasteiger partial charge in [-0.2, -0.15) is 5.26 Å². The Labute approximate surface area is 286 Å². The highest BCUT2D eigenvalue weighted by Gasteiger charge is 2.58. The Kier molecular flexibility index (Phi) is 9.68. The van der Waals surface area contributed by atoms with Gasteiger partial charge in [0, 0.05) is 35.6 Å². The predicted octanol–water partition coefficient (Wildman–Crippen LogP) is 7.88. The van der Waals surface area contributed by atoms with Gasteiger partial charge in [-0.3, -0.25) is 9.99 Å². The number of fused-ring (bicyclic) bond motifs is 1. The minimum absolute atomic E-state index is 0.0611. The van der Waals surface area contributed by atoms with Crippen LogP contribution in [0.15, 0.2) is 52.6 Å². The minimum Gasteiger partial charge on any atom is -0.481 e. The number of hydrogen-bond acceptors (Lipinski definition) is 9. The number of halogens is 4. The maximum absolute atomic E-state index is 14.2. The number of hydrogen-bond donors (Lipinski definition) is 4. The summed E-state index contributed by atoms with van der Waals surface area (Å²) in [4.78, 5) is 8.85. The van der Waals surface area contributed by atoms with Gasteiger partial charge in [-0.05, 0) is 77.1 Å². The second-order valence-corrected chi connectivity index (χ2v) is 13.9. The van der Waals surface area contributed by atoms with Crippen LogP contribution in [0.3, 0.4) is 0 Å². The molecule has 0 radical (unpaired) electrons. The molecule has 242 valence electrons. The van der Waals surface area contributed by atoms with E-state index in [0.717, 1.165) is 11.1 Å². The van der Waals surface area contributed by atoms with E-state index in [-0.39, 0.29) is 5.41 Å². The van der Waals surface area contributed by atoms with Crippen LogP contribution in [0.4, 0.5) is 20.2 Å². The van der Waals surface area contributed by atoms with Gasteiger partial charge < -0.3 is 20.8 Å². The molecule has 0 spiro atoms. The van der Waals surface area contributed by atoms with Gasteiger partial charge in [0.25, 0.3) is 6.43 Å². The summed E-state index contributed by atoms with van der Waals surface area (Å²) in [6.45, 7) is 13.3. The fourth-order valence-corrected chi connectivity index (χ4v) is 6.67. The maximum atomic E-state index is 14.2. The number of ether oxygens (including phenoxy) is 1. The Morgan fingerprint density at radius 2 is 2.07 bits per heavy atom. The second kappa shape index (κ2) is 13.2. The number of methoxy groups -OCH3 is 1. The van der Waals surface area contributed by atoms with Crippen LogP contribution in [0.2, 0.25) is 5.02 Å². The van der Waals surface area contributed by atoms with Crippen molar-refractivity contribution in [3.05, 3.63) is 74.4 Å². The molecule has 5 rings (SSSR count). The number of nitriles is 1. The fourth-order valence-electron chi connectivity index (χ4n) is 5.35. The van der Waals surface area contributed by atoms with E-state index in [1.807, 2.05) is 31.2 Å². The van der Waals surface area contributed by atoms with Crippen molar-refractivity contribution in [2.45, 2.75) is 58.5 Å². The molecule has 1 atom stereocenters. The number of benzene rings is 1. The molecule has 1 aromatic carbocycles. The number of allylic oxidation sites excluding steroid dienone is 1. The third kappa shape index (κ3) is 6.45. The lowest BCUT2D eigenvalue weighted by Gasteiger charge is -2.28. The Bertz CT molecular complexity index is 1780. The van der Waals surface area contributed by atoms with E-state index in [1.165, 1.54) is 11.2 Å². The number of alkyl halides is 2. The fraction of sp³-hybridized carbons (Fsp3) is 0.364. The standard InChI is InChI=1S/C33H36ClF2IN8O/c1-7-8-22-21(9-12-39-30(22)46-6)18(2)25(28-29(37)45(44-43-28)33(10-11-33)31(35)36)42-20-13-23-26(41-17-32(3,4)5)19(15-38)16-40-27(23)24(34)14-20/h7-9,12-14,16,25,31,42-44H,2,10-11,17H2,1,3-6H3,(H,40,41)/b8-7-/t25-/m0/s1. The smallest absolute Gasteiger partial charge is 0.262 e. The van der Waals surface area contributed by atoms with Crippen molar-refractivity contribution in [3.8, 4) is 11.9 Å². The third-order valence-corrected chi connectivity index (χ3v) is 9.30. The molecular formula is C33H36ClF2IN8O. The summed E-state index contributed by atoms with van der Waals surface area (Å²) in [7, 11) is 1.55. The molecule has 1 aliphatic heterocycles. The Morgan fingerprint density at radius 3 is 2.67 bits per heavy atom. The van der Waals surface area contributed by atoms with E-state index in [4.69, 9.17) is 16.3 Å². The Morgan fingerprint density at radius 1 is 1.33 bits per heavy atom. The summed E-state index contributed by atoms with van der Waals surface area (Å²) in [5, 5.41) is 19.5. The number of rotatable bonds is 11. The number of anilines is 2. The van der Waals surface area contributed by atoms with E-state index in [0.29, 0.717) is 73.1 Å². The topological polar surface area (TPSA) is 110 Å². The lowest BCUT2D eigenvalue weighted by molar-refractivity contribution is 0.00809. The predicted molar refractivity (Wildman–Crippen MR) is 188 cm³/mol. The monoisotopic (exact) mass is 760 g/mol. The zero-order valence-corrected chi connectivity index (χ0v) is 29.1. The first-order valence-corrected chi connectivity index (χ1v) is 16.2. The second-order valence-electron chi connectivity index (χ2n) is 12.5. The van der Waals surface area contributed by atoms with Crippen molar-refractivity contribution in [1.82, 2.24) is 25.9 Å². The van der Waals surface area contributed by atoms with Crippen molar-refractivity contribution < 1.29 is 13.5 Å². The summed E-state index contributed by atoms with van der Waals surface area (Å²) in [5.74, 6) is 0.423. The first-order valence-electron chi connectivity index (χ1n) is 14.7. The van der Waals surface area contributed by atoms with Crippen LogP contribution in [0.1, 0.15) is 57.2 Å². The molecule has 3 heterocycles. The maximum Gasteiger partial charge on any atom is 0.262 e. The quantitative estimate of drug-likeness (QED) is 0.115. The molecule has 46 heavy (non-hydrogen) atoms. The van der Waals surface area contributed by atoms with Crippen LogP contribution in [0, 0.1) is 16.7 Å². The van der Waals surface area contributed by atoms with Crippen LogP contribution < -0.4 is 26.3 Å². The molecule has 0 unspecified atom stereocenters. The van der Waals surface area contributed by atoms with E-state index < -0.39 is 18.0 Å². The van der Waals surface area contributed by atoms with Gasteiger partial charge in [-0.1, -0.05) is 51.1 Å². The summed E-state index contributed by atoms with van der Waals surface area (Å²) in [6.07, 6.45) is 5.12. The summed E-state index contributed by atoms with van der Waals surface area (Å²) in [5.41, 5.74) is 9.67.